The molecule has 0 bridgehead atoms. The van der Waals surface area contributed by atoms with Gasteiger partial charge in [-0.2, -0.15) is 0 Å². The normalized spacial score (nSPS) is 22.7. The molecule has 0 aliphatic carbocycles. The summed E-state index contributed by atoms with van der Waals surface area (Å²) in [6, 6.07) is 14.1. The van der Waals surface area contributed by atoms with Gasteiger partial charge in [0.15, 0.2) is 0 Å². The van der Waals surface area contributed by atoms with Gasteiger partial charge in [0.1, 0.15) is 0 Å². The number of hydrogen-bond donors (Lipinski definition) is 1. The van der Waals surface area contributed by atoms with E-state index in [4.69, 9.17) is 0 Å². The van der Waals surface area contributed by atoms with Gasteiger partial charge in [0, 0.05) is 19.6 Å². The summed E-state index contributed by atoms with van der Waals surface area (Å²) in [6.07, 6.45) is 2.51. The van der Waals surface area contributed by atoms with Gasteiger partial charge in [-0.15, -0.1) is 0 Å². The van der Waals surface area contributed by atoms with Crippen molar-refractivity contribution < 1.29 is 8.42 Å². The van der Waals surface area contributed by atoms with Crippen LogP contribution in [0.25, 0.3) is 11.1 Å². The van der Waals surface area contributed by atoms with Crippen LogP contribution in [0.1, 0.15) is 30.9 Å². The molecule has 25 heavy (non-hydrogen) atoms. The molecule has 1 atom stereocenters. The predicted molar refractivity (Wildman–Crippen MR) is 99.6 cm³/mol. The zero-order valence-corrected chi connectivity index (χ0v) is 15.3. The highest BCUT2D eigenvalue weighted by Gasteiger charge is 2.29. The Bertz CT molecular complexity index is 878. The molecule has 0 unspecified atom stereocenters. The summed E-state index contributed by atoms with van der Waals surface area (Å²) in [4.78, 5) is 2.90. The first kappa shape index (κ1) is 16.8. The molecule has 1 fully saturated rings. The maximum atomic E-state index is 12.4. The number of hydrogen-bond acceptors (Lipinski definition) is 3. The lowest BCUT2D eigenvalue weighted by Gasteiger charge is -2.31. The second kappa shape index (κ2) is 6.56. The van der Waals surface area contributed by atoms with Crippen LogP contribution in [0.2, 0.25) is 0 Å². The van der Waals surface area contributed by atoms with E-state index < -0.39 is 10.0 Å². The molecule has 0 saturated carbocycles. The molecule has 2 aliphatic rings. The zero-order chi connectivity index (χ0) is 17.4. The predicted octanol–water partition coefficient (Wildman–Crippen LogP) is 3.38. The highest BCUT2D eigenvalue weighted by Crippen LogP contribution is 2.34. The first-order chi connectivity index (χ1) is 12.0. The SMILES string of the molecule is C[C@H]1CCCN(Cc2cc(-c3ccccc3)c3c(c2)S(=O)(=O)NC3)C1. The minimum Gasteiger partial charge on any atom is -0.299 e. The highest BCUT2D eigenvalue weighted by atomic mass is 32.2. The lowest BCUT2D eigenvalue weighted by Crippen LogP contribution is -2.33. The Morgan fingerprint density at radius 2 is 2.00 bits per heavy atom. The molecule has 2 aliphatic heterocycles. The van der Waals surface area contributed by atoms with Crippen LogP contribution in [-0.4, -0.2) is 26.4 Å². The molecule has 4 nitrogen and oxygen atoms in total. The van der Waals surface area contributed by atoms with Crippen LogP contribution in [0.5, 0.6) is 0 Å². The van der Waals surface area contributed by atoms with Gasteiger partial charge in [0.05, 0.1) is 4.90 Å². The Morgan fingerprint density at radius 3 is 2.76 bits per heavy atom. The molecule has 2 heterocycles. The maximum Gasteiger partial charge on any atom is 0.241 e. The van der Waals surface area contributed by atoms with E-state index in [1.165, 1.54) is 12.8 Å². The van der Waals surface area contributed by atoms with E-state index in [-0.39, 0.29) is 0 Å². The van der Waals surface area contributed by atoms with Crippen molar-refractivity contribution in [2.24, 2.45) is 5.92 Å². The Kier molecular flexibility index (Phi) is 4.40. The Hall–Kier alpha value is -1.69. The van der Waals surface area contributed by atoms with Crippen molar-refractivity contribution in [3.8, 4) is 11.1 Å². The molecule has 1 N–H and O–H groups in total. The summed E-state index contributed by atoms with van der Waals surface area (Å²) in [5.41, 5.74) is 4.08. The average molecular weight is 356 g/mol. The van der Waals surface area contributed by atoms with Crippen LogP contribution < -0.4 is 4.72 Å². The van der Waals surface area contributed by atoms with E-state index in [0.29, 0.717) is 17.4 Å². The number of nitrogens with zero attached hydrogens (tertiary/aromatic N) is 1. The fraction of sp³-hybridized carbons (Fsp3) is 0.400. The van der Waals surface area contributed by atoms with Crippen molar-refractivity contribution in [1.29, 1.82) is 0 Å². The van der Waals surface area contributed by atoms with Gasteiger partial charge in [-0.3, -0.25) is 4.90 Å². The van der Waals surface area contributed by atoms with Gasteiger partial charge in [0.25, 0.3) is 0 Å². The van der Waals surface area contributed by atoms with E-state index in [0.717, 1.165) is 41.9 Å². The number of benzene rings is 2. The maximum absolute atomic E-state index is 12.4. The van der Waals surface area contributed by atoms with Gasteiger partial charge in [0.2, 0.25) is 10.0 Å². The topological polar surface area (TPSA) is 49.4 Å². The number of rotatable bonds is 3. The summed E-state index contributed by atoms with van der Waals surface area (Å²) < 4.78 is 27.5. The fourth-order valence-electron chi connectivity index (χ4n) is 4.02. The number of fused-ring (bicyclic) bond motifs is 1. The van der Waals surface area contributed by atoms with E-state index in [9.17, 15) is 8.42 Å². The van der Waals surface area contributed by atoms with E-state index in [1.54, 1.807) is 0 Å². The Balaban J connectivity index is 1.76. The quantitative estimate of drug-likeness (QED) is 0.917. The lowest BCUT2D eigenvalue weighted by molar-refractivity contribution is 0.176. The highest BCUT2D eigenvalue weighted by molar-refractivity contribution is 7.89. The smallest absolute Gasteiger partial charge is 0.241 e. The van der Waals surface area contributed by atoms with E-state index >= 15 is 0 Å². The van der Waals surface area contributed by atoms with E-state index in [2.05, 4.69) is 22.6 Å². The Morgan fingerprint density at radius 1 is 1.20 bits per heavy atom. The second-order valence-corrected chi connectivity index (χ2v) is 9.03. The van der Waals surface area contributed by atoms with Crippen LogP contribution in [0, 0.1) is 5.92 Å². The summed E-state index contributed by atoms with van der Waals surface area (Å²) in [7, 11) is -3.38. The number of likely N-dealkylation sites (tertiary alicyclic amines) is 1. The first-order valence-electron chi connectivity index (χ1n) is 8.96. The second-order valence-electron chi connectivity index (χ2n) is 7.29. The van der Waals surface area contributed by atoms with E-state index in [1.807, 2.05) is 36.4 Å². The van der Waals surface area contributed by atoms with Gasteiger partial charge in [-0.05, 0) is 59.7 Å². The van der Waals surface area contributed by atoms with Crippen molar-refractivity contribution in [3.63, 3.8) is 0 Å². The number of nitrogens with one attached hydrogen (secondary N) is 1. The monoisotopic (exact) mass is 356 g/mol. The van der Waals surface area contributed by atoms with Crippen molar-refractivity contribution in [3.05, 3.63) is 53.6 Å². The van der Waals surface area contributed by atoms with Crippen molar-refractivity contribution in [2.75, 3.05) is 13.1 Å². The molecule has 1 saturated heterocycles. The van der Waals surface area contributed by atoms with Crippen LogP contribution in [0.4, 0.5) is 0 Å². The number of piperidine rings is 1. The molecule has 0 aromatic heterocycles. The molecule has 2 aromatic carbocycles. The lowest BCUT2D eigenvalue weighted by atomic mass is 9.96. The third-order valence-electron chi connectivity index (χ3n) is 5.23. The van der Waals surface area contributed by atoms with Crippen LogP contribution in [-0.2, 0) is 23.1 Å². The Labute approximate surface area is 149 Å². The van der Waals surface area contributed by atoms with Crippen LogP contribution in [0.15, 0.2) is 47.4 Å². The van der Waals surface area contributed by atoms with Crippen LogP contribution >= 0.6 is 0 Å². The third-order valence-corrected chi connectivity index (χ3v) is 6.70. The summed E-state index contributed by atoms with van der Waals surface area (Å²) in [5.74, 6) is 0.710. The molecule has 2 aromatic rings. The van der Waals surface area contributed by atoms with Crippen molar-refractivity contribution >= 4 is 10.0 Å². The van der Waals surface area contributed by atoms with Gasteiger partial charge in [-0.1, -0.05) is 37.3 Å². The first-order valence-corrected chi connectivity index (χ1v) is 10.4. The minimum absolute atomic E-state index is 0.378. The largest absolute Gasteiger partial charge is 0.299 e. The molecule has 0 radical (unpaired) electrons. The summed E-state index contributed by atoms with van der Waals surface area (Å²) in [5, 5.41) is 0. The van der Waals surface area contributed by atoms with Gasteiger partial charge >= 0.3 is 0 Å². The third kappa shape index (κ3) is 3.36. The molecule has 5 heteroatoms. The average Bonchev–Trinajstić information content (AvgIpc) is 2.90. The molecular weight excluding hydrogens is 332 g/mol. The standard InChI is InChI=1S/C20H24N2O2S/c1-15-6-5-9-22(13-15)14-16-10-18(17-7-3-2-4-8-17)19-12-21-25(23,24)20(19)11-16/h2-4,7-8,10-11,15,21H,5-6,9,12-14H2,1H3/t15-/m0/s1. The van der Waals surface area contributed by atoms with Gasteiger partial charge in [-0.25, -0.2) is 13.1 Å². The fourth-order valence-corrected chi connectivity index (χ4v) is 5.33. The van der Waals surface area contributed by atoms with Crippen LogP contribution in [0.3, 0.4) is 0 Å². The summed E-state index contributed by atoms with van der Waals surface area (Å²) >= 11 is 0. The molecular formula is C20H24N2O2S. The van der Waals surface area contributed by atoms with Gasteiger partial charge < -0.3 is 0 Å². The molecule has 4 rings (SSSR count). The molecule has 0 spiro atoms. The zero-order valence-electron chi connectivity index (χ0n) is 14.5. The van der Waals surface area contributed by atoms with Crippen molar-refractivity contribution in [1.82, 2.24) is 9.62 Å². The number of sulfonamides is 1. The van der Waals surface area contributed by atoms with Crippen molar-refractivity contribution in [2.45, 2.75) is 37.8 Å². The molecule has 132 valence electrons. The molecule has 0 amide bonds. The summed E-state index contributed by atoms with van der Waals surface area (Å²) in [6.45, 7) is 5.66. The minimum atomic E-state index is -3.38.